The fourth-order valence-corrected chi connectivity index (χ4v) is 4.14. The first kappa shape index (κ1) is 17.9. The first-order chi connectivity index (χ1) is 14.3. The third-order valence-electron chi connectivity index (χ3n) is 5.76. The van der Waals surface area contributed by atoms with E-state index in [1.54, 1.807) is 6.20 Å². The quantitative estimate of drug-likeness (QED) is 0.477. The van der Waals surface area contributed by atoms with Crippen molar-refractivity contribution in [3.8, 4) is 11.4 Å². The smallest absolute Gasteiger partial charge is 0.142 e. The predicted molar refractivity (Wildman–Crippen MR) is 120 cm³/mol. The molecule has 0 unspecified atom stereocenters. The summed E-state index contributed by atoms with van der Waals surface area (Å²) in [6.45, 7) is 4.50. The highest BCUT2D eigenvalue weighted by molar-refractivity contribution is 5.97. The van der Waals surface area contributed by atoms with Crippen LogP contribution in [0.3, 0.4) is 0 Å². The van der Waals surface area contributed by atoms with Gasteiger partial charge in [0.25, 0.3) is 0 Å². The molecule has 0 amide bonds. The molecule has 148 valence electrons. The third kappa shape index (κ3) is 3.63. The largest absolute Gasteiger partial charge is 0.398 e. The molecule has 29 heavy (non-hydrogen) atoms. The number of para-hydroxylation sites is 1. The molecule has 1 fully saturated rings. The molecule has 4 N–H and O–H groups in total. The molecule has 2 aromatic heterocycles. The van der Waals surface area contributed by atoms with Gasteiger partial charge >= 0.3 is 0 Å². The number of imidazole rings is 1. The molecule has 6 nitrogen and oxygen atoms in total. The summed E-state index contributed by atoms with van der Waals surface area (Å²) < 4.78 is 0. The van der Waals surface area contributed by atoms with Crippen LogP contribution in [0.25, 0.3) is 33.3 Å². The lowest BCUT2D eigenvalue weighted by Crippen LogP contribution is -2.33. The van der Waals surface area contributed by atoms with Crippen LogP contribution in [0, 0.1) is 0 Å². The van der Waals surface area contributed by atoms with E-state index in [1.165, 1.54) is 32.4 Å². The van der Waals surface area contributed by atoms with Crippen molar-refractivity contribution in [1.82, 2.24) is 19.9 Å². The number of H-pyrrole nitrogens is 1. The van der Waals surface area contributed by atoms with Crippen LogP contribution in [0.4, 0.5) is 11.4 Å². The SMILES string of the molecule is Nc1c(-c2nc3ccc(NCCN4CCCCC4)cc3[nH]2)cnc2ccccc12. The molecule has 0 spiro atoms. The Morgan fingerprint density at radius 3 is 2.79 bits per heavy atom. The van der Waals surface area contributed by atoms with Gasteiger partial charge in [0, 0.05) is 30.4 Å². The van der Waals surface area contributed by atoms with Crippen LogP contribution in [-0.2, 0) is 0 Å². The number of aromatic nitrogens is 3. The highest BCUT2D eigenvalue weighted by Gasteiger charge is 2.13. The van der Waals surface area contributed by atoms with Gasteiger partial charge in [0.1, 0.15) is 5.82 Å². The summed E-state index contributed by atoms with van der Waals surface area (Å²) >= 11 is 0. The second kappa shape index (κ2) is 7.72. The van der Waals surface area contributed by atoms with E-state index in [2.05, 4.69) is 32.3 Å². The standard InChI is InChI=1S/C23H26N6/c24-22-17-6-2-3-7-19(17)26-15-18(22)23-27-20-9-8-16(14-21(20)28-23)25-10-13-29-11-4-1-5-12-29/h2-3,6-9,14-15,25H,1,4-5,10-13H2,(H2,24,26)(H,27,28). The summed E-state index contributed by atoms with van der Waals surface area (Å²) in [5.74, 6) is 0.751. The Bertz CT molecular complexity index is 1140. The van der Waals surface area contributed by atoms with E-state index in [-0.39, 0.29) is 0 Å². The second-order valence-corrected chi connectivity index (χ2v) is 7.75. The van der Waals surface area contributed by atoms with Crippen molar-refractivity contribution in [2.24, 2.45) is 0 Å². The average Bonchev–Trinajstić information content (AvgIpc) is 3.18. The van der Waals surface area contributed by atoms with Crippen molar-refractivity contribution >= 4 is 33.3 Å². The predicted octanol–water partition coefficient (Wildman–Crippen LogP) is 4.26. The zero-order valence-corrected chi connectivity index (χ0v) is 16.5. The van der Waals surface area contributed by atoms with Gasteiger partial charge in [0.2, 0.25) is 0 Å². The molecule has 0 bridgehead atoms. The summed E-state index contributed by atoms with van der Waals surface area (Å²) in [4.78, 5) is 15.2. The second-order valence-electron chi connectivity index (χ2n) is 7.75. The number of anilines is 2. The summed E-state index contributed by atoms with van der Waals surface area (Å²) in [5, 5.41) is 4.49. The number of nitrogens with zero attached hydrogens (tertiary/aromatic N) is 3. The molecule has 1 aliphatic rings. The van der Waals surface area contributed by atoms with Crippen molar-refractivity contribution < 1.29 is 0 Å². The lowest BCUT2D eigenvalue weighted by atomic mass is 10.1. The zero-order chi connectivity index (χ0) is 19.6. The minimum absolute atomic E-state index is 0.703. The van der Waals surface area contributed by atoms with E-state index in [1.807, 2.05) is 30.3 Å². The van der Waals surface area contributed by atoms with E-state index in [4.69, 9.17) is 10.7 Å². The molecule has 4 aromatic rings. The van der Waals surface area contributed by atoms with Gasteiger partial charge in [-0.15, -0.1) is 0 Å². The highest BCUT2D eigenvalue weighted by atomic mass is 15.1. The van der Waals surface area contributed by atoms with Crippen LogP contribution < -0.4 is 11.1 Å². The molecular formula is C23H26N6. The van der Waals surface area contributed by atoms with Crippen LogP contribution in [0.1, 0.15) is 19.3 Å². The molecular weight excluding hydrogens is 360 g/mol. The van der Waals surface area contributed by atoms with E-state index in [9.17, 15) is 0 Å². The van der Waals surface area contributed by atoms with Crippen LogP contribution in [0.15, 0.2) is 48.7 Å². The van der Waals surface area contributed by atoms with Gasteiger partial charge in [-0.3, -0.25) is 4.98 Å². The fraction of sp³-hybridized carbons (Fsp3) is 0.304. The number of benzene rings is 2. The lowest BCUT2D eigenvalue weighted by molar-refractivity contribution is 0.237. The van der Waals surface area contributed by atoms with Crippen molar-refractivity contribution in [1.29, 1.82) is 0 Å². The Morgan fingerprint density at radius 1 is 1.03 bits per heavy atom. The first-order valence-corrected chi connectivity index (χ1v) is 10.4. The average molecular weight is 387 g/mol. The van der Waals surface area contributed by atoms with Gasteiger partial charge < -0.3 is 20.9 Å². The number of nitrogens with one attached hydrogen (secondary N) is 2. The van der Waals surface area contributed by atoms with Gasteiger partial charge in [-0.05, 0) is 50.2 Å². The van der Waals surface area contributed by atoms with Crippen LogP contribution in [-0.4, -0.2) is 46.0 Å². The number of nitrogen functional groups attached to an aromatic ring is 1. The summed E-state index contributed by atoms with van der Waals surface area (Å²) in [6.07, 6.45) is 5.83. The maximum Gasteiger partial charge on any atom is 0.142 e. The highest BCUT2D eigenvalue weighted by Crippen LogP contribution is 2.31. The maximum absolute atomic E-state index is 6.42. The van der Waals surface area contributed by atoms with E-state index >= 15 is 0 Å². The summed E-state index contributed by atoms with van der Waals surface area (Å²) in [7, 11) is 0. The van der Waals surface area contributed by atoms with Gasteiger partial charge in [0.15, 0.2) is 0 Å². The molecule has 1 saturated heterocycles. The number of fused-ring (bicyclic) bond motifs is 2. The Balaban J connectivity index is 1.36. The van der Waals surface area contributed by atoms with Crippen LogP contribution in [0.2, 0.25) is 0 Å². The Hall–Kier alpha value is -3.12. The summed E-state index contributed by atoms with van der Waals surface area (Å²) in [5.41, 5.74) is 11.9. The minimum Gasteiger partial charge on any atom is -0.398 e. The van der Waals surface area contributed by atoms with Crippen LogP contribution >= 0.6 is 0 Å². The number of pyridine rings is 1. The third-order valence-corrected chi connectivity index (χ3v) is 5.76. The number of rotatable bonds is 5. The molecule has 6 heteroatoms. The van der Waals surface area contributed by atoms with Crippen molar-refractivity contribution in [2.45, 2.75) is 19.3 Å². The van der Waals surface area contributed by atoms with Crippen molar-refractivity contribution in [2.75, 3.05) is 37.2 Å². The van der Waals surface area contributed by atoms with E-state index in [0.29, 0.717) is 5.69 Å². The van der Waals surface area contributed by atoms with Gasteiger partial charge in [0.05, 0.1) is 27.8 Å². The Labute approximate surface area is 170 Å². The Kier molecular flexibility index (Phi) is 4.77. The molecule has 0 radical (unpaired) electrons. The van der Waals surface area contributed by atoms with Crippen molar-refractivity contribution in [3.05, 3.63) is 48.7 Å². The molecule has 5 rings (SSSR count). The van der Waals surface area contributed by atoms with Gasteiger partial charge in [-0.1, -0.05) is 24.6 Å². The summed E-state index contributed by atoms with van der Waals surface area (Å²) in [6, 6.07) is 14.2. The maximum atomic E-state index is 6.42. The van der Waals surface area contributed by atoms with Gasteiger partial charge in [-0.2, -0.15) is 0 Å². The normalized spacial score (nSPS) is 15.2. The van der Waals surface area contributed by atoms with Crippen LogP contribution in [0.5, 0.6) is 0 Å². The van der Waals surface area contributed by atoms with Gasteiger partial charge in [-0.25, -0.2) is 4.98 Å². The number of likely N-dealkylation sites (tertiary alicyclic amines) is 1. The molecule has 3 heterocycles. The zero-order valence-electron chi connectivity index (χ0n) is 16.5. The number of piperidine rings is 1. The number of aromatic amines is 1. The first-order valence-electron chi connectivity index (χ1n) is 10.4. The monoisotopic (exact) mass is 386 g/mol. The number of hydrogen-bond acceptors (Lipinski definition) is 5. The lowest BCUT2D eigenvalue weighted by Gasteiger charge is -2.26. The molecule has 1 aliphatic heterocycles. The van der Waals surface area contributed by atoms with Crippen molar-refractivity contribution in [3.63, 3.8) is 0 Å². The molecule has 0 atom stereocenters. The number of hydrogen-bond donors (Lipinski definition) is 3. The number of nitrogens with two attached hydrogens (primary N) is 1. The molecule has 0 aliphatic carbocycles. The molecule has 0 saturated carbocycles. The van der Waals surface area contributed by atoms with E-state index < -0.39 is 0 Å². The topological polar surface area (TPSA) is 82.9 Å². The molecule has 2 aromatic carbocycles. The minimum atomic E-state index is 0.703. The Morgan fingerprint density at radius 2 is 1.90 bits per heavy atom. The fourth-order valence-electron chi connectivity index (χ4n) is 4.14. The van der Waals surface area contributed by atoms with E-state index in [0.717, 1.165) is 52.1 Å².